The number of piperazine rings is 1. The first-order chi connectivity index (χ1) is 11.0. The van der Waals surface area contributed by atoms with Crippen LogP contribution < -0.4 is 0 Å². The van der Waals surface area contributed by atoms with Crippen molar-refractivity contribution in [1.29, 1.82) is 5.26 Å². The van der Waals surface area contributed by atoms with Crippen molar-refractivity contribution in [3.05, 3.63) is 35.4 Å². The Morgan fingerprint density at radius 1 is 1.35 bits per heavy atom. The summed E-state index contributed by atoms with van der Waals surface area (Å²) < 4.78 is 29.8. The quantitative estimate of drug-likeness (QED) is 0.771. The van der Waals surface area contributed by atoms with Gasteiger partial charge in [-0.3, -0.25) is 9.80 Å². The number of rotatable bonds is 5. The minimum absolute atomic E-state index is 0.249. The fourth-order valence-corrected chi connectivity index (χ4v) is 2.79. The fraction of sp³-hybridized carbons (Fsp3) is 0.500. The highest BCUT2D eigenvalue weighted by molar-refractivity contribution is 5.77. The molecular weight excluding hydrogens is 304 g/mol. The van der Waals surface area contributed by atoms with E-state index in [1.165, 1.54) is 7.11 Å². The molecule has 0 aromatic heterocycles. The summed E-state index contributed by atoms with van der Waals surface area (Å²) in [5.41, 5.74) is 1.14. The van der Waals surface area contributed by atoms with Gasteiger partial charge in [-0.05, 0) is 17.7 Å². The van der Waals surface area contributed by atoms with E-state index in [0.29, 0.717) is 37.3 Å². The molecule has 1 saturated heterocycles. The van der Waals surface area contributed by atoms with E-state index < -0.39 is 18.4 Å². The molecule has 1 atom stereocenters. The summed E-state index contributed by atoms with van der Waals surface area (Å²) in [4.78, 5) is 15.8. The molecule has 5 nitrogen and oxygen atoms in total. The first-order valence-electron chi connectivity index (χ1n) is 7.37. The minimum Gasteiger partial charge on any atom is -0.468 e. The smallest absolute Gasteiger partial charge is 0.327 e. The van der Waals surface area contributed by atoms with Gasteiger partial charge in [0.1, 0.15) is 6.04 Å². The summed E-state index contributed by atoms with van der Waals surface area (Å²) in [6.07, 6.45) is -2.36. The second-order valence-corrected chi connectivity index (χ2v) is 5.39. The molecule has 1 aromatic carbocycles. The van der Waals surface area contributed by atoms with Crippen LogP contribution in [0.2, 0.25) is 0 Å². The van der Waals surface area contributed by atoms with Crippen LogP contribution in [0.15, 0.2) is 24.3 Å². The zero-order valence-corrected chi connectivity index (χ0v) is 12.9. The minimum atomic E-state index is -2.36. The molecule has 1 aliphatic heterocycles. The Bertz CT molecular complexity index is 581. The lowest BCUT2D eigenvalue weighted by Crippen LogP contribution is -2.50. The Balaban J connectivity index is 2.14. The van der Waals surface area contributed by atoms with Crippen molar-refractivity contribution in [2.24, 2.45) is 0 Å². The van der Waals surface area contributed by atoms with E-state index in [0.717, 1.165) is 0 Å². The maximum atomic E-state index is 12.4. The first-order valence-corrected chi connectivity index (χ1v) is 7.37. The molecule has 1 fully saturated rings. The number of carbonyl (C=O) groups excluding carboxylic acids is 1. The number of benzene rings is 1. The zero-order chi connectivity index (χ0) is 16.8. The van der Waals surface area contributed by atoms with Crippen molar-refractivity contribution in [1.82, 2.24) is 9.80 Å². The van der Waals surface area contributed by atoms with Crippen molar-refractivity contribution in [3.63, 3.8) is 0 Å². The zero-order valence-electron chi connectivity index (χ0n) is 12.9. The molecule has 0 bridgehead atoms. The maximum absolute atomic E-state index is 12.4. The van der Waals surface area contributed by atoms with E-state index in [2.05, 4.69) is 0 Å². The number of methoxy groups -OCH3 is 1. The summed E-state index contributed by atoms with van der Waals surface area (Å²) in [5.74, 6) is -0.414. The lowest BCUT2D eigenvalue weighted by molar-refractivity contribution is -0.148. The van der Waals surface area contributed by atoms with Gasteiger partial charge in [-0.1, -0.05) is 12.1 Å². The molecular formula is C16H19F2N3O2. The van der Waals surface area contributed by atoms with Crippen LogP contribution in [0.4, 0.5) is 8.78 Å². The van der Waals surface area contributed by atoms with Crippen LogP contribution in [0.5, 0.6) is 0 Å². The molecule has 1 aromatic rings. The number of hydrogen-bond donors (Lipinski definition) is 0. The van der Waals surface area contributed by atoms with Gasteiger partial charge in [0, 0.05) is 26.2 Å². The number of carbonyl (C=O) groups is 1. The predicted molar refractivity (Wildman–Crippen MR) is 79.9 cm³/mol. The summed E-state index contributed by atoms with van der Waals surface area (Å²) in [7, 11) is 1.32. The topological polar surface area (TPSA) is 56.6 Å². The van der Waals surface area contributed by atoms with Crippen LogP contribution in [-0.2, 0) is 9.53 Å². The lowest BCUT2D eigenvalue weighted by atomic mass is 10.0. The third-order valence-corrected chi connectivity index (χ3v) is 3.92. The van der Waals surface area contributed by atoms with Crippen LogP contribution in [0, 0.1) is 11.3 Å². The molecule has 0 aliphatic carbocycles. The van der Waals surface area contributed by atoms with Gasteiger partial charge in [0.05, 0.1) is 25.3 Å². The van der Waals surface area contributed by atoms with Gasteiger partial charge in [-0.2, -0.15) is 5.26 Å². The second-order valence-electron chi connectivity index (χ2n) is 5.39. The maximum Gasteiger partial charge on any atom is 0.327 e. The Morgan fingerprint density at radius 2 is 2.04 bits per heavy atom. The average molecular weight is 323 g/mol. The summed E-state index contributed by atoms with van der Waals surface area (Å²) in [6, 6.07) is 8.24. The molecule has 0 amide bonds. The summed E-state index contributed by atoms with van der Waals surface area (Å²) in [5, 5.41) is 9.01. The molecule has 7 heteroatoms. The molecule has 1 unspecified atom stereocenters. The van der Waals surface area contributed by atoms with Crippen molar-refractivity contribution >= 4 is 5.97 Å². The standard InChI is InChI=1S/C16H19F2N3O2/c1-23-16(22)15(13-4-2-3-12(9-13)10-19)21-7-5-20(6-8-21)11-14(17)18/h2-4,9,14-15H,5-8,11H2,1H3. The summed E-state index contributed by atoms with van der Waals surface area (Å²) in [6.45, 7) is 1.67. The number of esters is 1. The monoisotopic (exact) mass is 323 g/mol. The average Bonchev–Trinajstić information content (AvgIpc) is 2.56. The molecule has 23 heavy (non-hydrogen) atoms. The van der Waals surface area contributed by atoms with Crippen LogP contribution in [-0.4, -0.2) is 62.0 Å². The number of hydrogen-bond acceptors (Lipinski definition) is 5. The highest BCUT2D eigenvalue weighted by Gasteiger charge is 2.31. The Hall–Kier alpha value is -2.04. The molecule has 0 N–H and O–H groups in total. The number of alkyl halides is 2. The largest absolute Gasteiger partial charge is 0.468 e. The van der Waals surface area contributed by atoms with Gasteiger partial charge in [0.2, 0.25) is 0 Å². The van der Waals surface area contributed by atoms with Crippen LogP contribution in [0.25, 0.3) is 0 Å². The fourth-order valence-electron chi connectivity index (χ4n) is 2.79. The van der Waals surface area contributed by atoms with Crippen LogP contribution in [0.1, 0.15) is 17.2 Å². The van der Waals surface area contributed by atoms with Gasteiger partial charge >= 0.3 is 5.97 Å². The number of nitriles is 1. The molecule has 1 heterocycles. The van der Waals surface area contributed by atoms with E-state index in [-0.39, 0.29) is 6.54 Å². The van der Waals surface area contributed by atoms with Crippen LogP contribution >= 0.6 is 0 Å². The third kappa shape index (κ3) is 4.47. The van der Waals surface area contributed by atoms with Gasteiger partial charge in [0.25, 0.3) is 6.43 Å². The van der Waals surface area contributed by atoms with E-state index in [1.807, 2.05) is 11.0 Å². The van der Waals surface area contributed by atoms with E-state index in [4.69, 9.17) is 10.00 Å². The van der Waals surface area contributed by atoms with Crippen molar-refractivity contribution in [2.45, 2.75) is 12.5 Å². The predicted octanol–water partition coefficient (Wildman–Crippen LogP) is 1.66. The second kappa shape index (κ2) is 7.99. The Kier molecular flexibility index (Phi) is 6.02. The highest BCUT2D eigenvalue weighted by Crippen LogP contribution is 2.24. The SMILES string of the molecule is COC(=O)C(c1cccc(C#N)c1)N1CCN(CC(F)F)CC1. The van der Waals surface area contributed by atoms with E-state index in [1.54, 1.807) is 29.2 Å². The molecule has 1 aliphatic rings. The van der Waals surface area contributed by atoms with Gasteiger partial charge in [-0.25, -0.2) is 13.6 Å². The molecule has 0 radical (unpaired) electrons. The third-order valence-electron chi connectivity index (χ3n) is 3.92. The number of halogens is 2. The van der Waals surface area contributed by atoms with Gasteiger partial charge in [0.15, 0.2) is 0 Å². The van der Waals surface area contributed by atoms with Crippen LogP contribution in [0.3, 0.4) is 0 Å². The Labute approximate surface area is 134 Å². The lowest BCUT2D eigenvalue weighted by Gasteiger charge is -2.38. The number of nitrogens with zero attached hydrogens (tertiary/aromatic N) is 3. The Morgan fingerprint density at radius 3 is 2.61 bits per heavy atom. The first kappa shape index (κ1) is 17.3. The van der Waals surface area contributed by atoms with E-state index in [9.17, 15) is 13.6 Å². The molecule has 0 saturated carbocycles. The normalized spacial score (nSPS) is 17.7. The number of ether oxygens (including phenoxy) is 1. The van der Waals surface area contributed by atoms with Gasteiger partial charge in [-0.15, -0.1) is 0 Å². The van der Waals surface area contributed by atoms with Crippen molar-refractivity contribution < 1.29 is 18.3 Å². The molecule has 0 spiro atoms. The molecule has 2 rings (SSSR count). The van der Waals surface area contributed by atoms with E-state index >= 15 is 0 Å². The van der Waals surface area contributed by atoms with Crippen molar-refractivity contribution in [3.8, 4) is 6.07 Å². The highest BCUT2D eigenvalue weighted by atomic mass is 19.3. The van der Waals surface area contributed by atoms with Gasteiger partial charge < -0.3 is 4.74 Å². The van der Waals surface area contributed by atoms with Crippen molar-refractivity contribution in [2.75, 3.05) is 39.8 Å². The summed E-state index contributed by atoms with van der Waals surface area (Å²) >= 11 is 0. The molecule has 124 valence electrons.